The van der Waals surface area contributed by atoms with Crippen LogP contribution >= 0.6 is 0 Å². The van der Waals surface area contributed by atoms with Gasteiger partial charge in [-0.05, 0) is 30.2 Å². The zero-order valence-corrected chi connectivity index (χ0v) is 11.3. The highest BCUT2D eigenvalue weighted by Crippen LogP contribution is 2.11. The van der Waals surface area contributed by atoms with E-state index < -0.39 is 5.82 Å². The summed E-state index contributed by atoms with van der Waals surface area (Å²) in [6, 6.07) is 13.4. The molecule has 0 fully saturated rings. The number of aryl methyl sites for hydroxylation is 1. The molecule has 4 heteroatoms. The van der Waals surface area contributed by atoms with Gasteiger partial charge in [-0.1, -0.05) is 36.4 Å². The third kappa shape index (κ3) is 3.42. The van der Waals surface area contributed by atoms with Gasteiger partial charge in [-0.2, -0.15) is 0 Å². The second-order valence-corrected chi connectivity index (χ2v) is 4.69. The topological polar surface area (TPSA) is 55.1 Å². The summed E-state index contributed by atoms with van der Waals surface area (Å²) < 4.78 is 13.2. The summed E-state index contributed by atoms with van der Waals surface area (Å²) in [6.07, 6.45) is 0. The smallest absolute Gasteiger partial charge is 0.251 e. The fraction of sp³-hybridized carbons (Fsp3) is 0.188. The van der Waals surface area contributed by atoms with Crippen molar-refractivity contribution in [2.45, 2.75) is 13.0 Å². The predicted molar refractivity (Wildman–Crippen MR) is 76.8 cm³/mol. The summed E-state index contributed by atoms with van der Waals surface area (Å²) in [7, 11) is 0. The van der Waals surface area contributed by atoms with Crippen LogP contribution in [0.2, 0.25) is 0 Å². The van der Waals surface area contributed by atoms with Crippen LogP contribution in [0, 0.1) is 12.7 Å². The zero-order valence-electron chi connectivity index (χ0n) is 11.3. The Labute approximate surface area is 117 Å². The van der Waals surface area contributed by atoms with E-state index in [0.29, 0.717) is 12.1 Å². The Morgan fingerprint density at radius 3 is 2.65 bits per heavy atom. The highest BCUT2D eigenvalue weighted by atomic mass is 19.1. The fourth-order valence-electron chi connectivity index (χ4n) is 1.95. The van der Waals surface area contributed by atoms with Crippen molar-refractivity contribution in [3.63, 3.8) is 0 Å². The van der Waals surface area contributed by atoms with Crippen LogP contribution in [0.1, 0.15) is 27.5 Å². The van der Waals surface area contributed by atoms with E-state index in [1.165, 1.54) is 12.1 Å². The molecule has 104 valence electrons. The monoisotopic (exact) mass is 272 g/mol. The van der Waals surface area contributed by atoms with E-state index >= 15 is 0 Å². The molecule has 0 aromatic heterocycles. The Kier molecular flexibility index (Phi) is 4.48. The lowest BCUT2D eigenvalue weighted by atomic mass is 10.1. The molecule has 0 aliphatic heterocycles. The molecular weight excluding hydrogens is 255 g/mol. The number of halogens is 1. The molecule has 0 heterocycles. The molecule has 0 spiro atoms. The Bertz CT molecular complexity index is 599. The number of hydrogen-bond donors (Lipinski definition) is 2. The standard InChI is InChI=1S/C16H17FN2O/c1-11-7-8-13(17)9-14(11)16(20)19-10-15(18)12-5-3-2-4-6-12/h2-9,15H,10,18H2,1H3,(H,19,20). The average molecular weight is 272 g/mol. The first-order valence-electron chi connectivity index (χ1n) is 6.43. The number of carbonyl (C=O) groups excluding carboxylic acids is 1. The van der Waals surface area contributed by atoms with Gasteiger partial charge in [-0.15, -0.1) is 0 Å². The van der Waals surface area contributed by atoms with Gasteiger partial charge in [0.25, 0.3) is 5.91 Å². The molecule has 0 saturated carbocycles. The molecule has 0 saturated heterocycles. The van der Waals surface area contributed by atoms with Crippen molar-refractivity contribution in [1.29, 1.82) is 0 Å². The minimum atomic E-state index is -0.423. The molecule has 0 aliphatic carbocycles. The van der Waals surface area contributed by atoms with E-state index in [9.17, 15) is 9.18 Å². The maximum Gasteiger partial charge on any atom is 0.251 e. The molecule has 2 aromatic rings. The Balaban J connectivity index is 2.00. The van der Waals surface area contributed by atoms with Crippen LogP contribution in [0.3, 0.4) is 0 Å². The SMILES string of the molecule is Cc1ccc(F)cc1C(=O)NCC(N)c1ccccc1. The minimum absolute atomic E-state index is 0.283. The van der Waals surface area contributed by atoms with Gasteiger partial charge in [0.05, 0.1) is 0 Å². The summed E-state index contributed by atoms with van der Waals surface area (Å²) in [4.78, 5) is 12.0. The molecule has 1 atom stereocenters. The maximum absolute atomic E-state index is 13.2. The predicted octanol–water partition coefficient (Wildman–Crippen LogP) is 2.56. The molecular formula is C16H17FN2O. The van der Waals surface area contributed by atoms with Crippen molar-refractivity contribution in [2.24, 2.45) is 5.73 Å². The lowest BCUT2D eigenvalue weighted by molar-refractivity contribution is 0.0950. The van der Waals surface area contributed by atoms with Crippen molar-refractivity contribution < 1.29 is 9.18 Å². The van der Waals surface area contributed by atoms with Crippen LogP contribution in [0.5, 0.6) is 0 Å². The average Bonchev–Trinajstić information content (AvgIpc) is 2.47. The van der Waals surface area contributed by atoms with Gasteiger partial charge in [0.2, 0.25) is 0 Å². The number of benzene rings is 2. The second-order valence-electron chi connectivity index (χ2n) is 4.69. The van der Waals surface area contributed by atoms with Gasteiger partial charge in [-0.25, -0.2) is 4.39 Å². The number of nitrogens with one attached hydrogen (secondary N) is 1. The van der Waals surface area contributed by atoms with Crippen LogP contribution in [0.25, 0.3) is 0 Å². The first-order chi connectivity index (χ1) is 9.58. The van der Waals surface area contributed by atoms with E-state index in [1.807, 2.05) is 30.3 Å². The van der Waals surface area contributed by atoms with Crippen molar-refractivity contribution in [3.8, 4) is 0 Å². The molecule has 1 unspecified atom stereocenters. The molecule has 20 heavy (non-hydrogen) atoms. The molecule has 3 N–H and O–H groups in total. The third-order valence-corrected chi connectivity index (χ3v) is 3.15. The van der Waals surface area contributed by atoms with Crippen molar-refractivity contribution in [1.82, 2.24) is 5.32 Å². The highest BCUT2D eigenvalue weighted by molar-refractivity contribution is 5.95. The molecule has 1 amide bonds. The number of nitrogens with two attached hydrogens (primary N) is 1. The number of carbonyl (C=O) groups is 1. The van der Waals surface area contributed by atoms with E-state index in [1.54, 1.807) is 13.0 Å². The Morgan fingerprint density at radius 2 is 1.95 bits per heavy atom. The van der Waals surface area contributed by atoms with Crippen LogP contribution in [0.15, 0.2) is 48.5 Å². The number of rotatable bonds is 4. The minimum Gasteiger partial charge on any atom is -0.350 e. The molecule has 0 aliphatic rings. The van der Waals surface area contributed by atoms with E-state index in [0.717, 1.165) is 11.1 Å². The quantitative estimate of drug-likeness (QED) is 0.898. The van der Waals surface area contributed by atoms with Crippen LogP contribution in [-0.2, 0) is 0 Å². The molecule has 2 aromatic carbocycles. The van der Waals surface area contributed by atoms with Crippen molar-refractivity contribution in [2.75, 3.05) is 6.54 Å². The summed E-state index contributed by atoms with van der Waals surface area (Å²) >= 11 is 0. The third-order valence-electron chi connectivity index (χ3n) is 3.15. The van der Waals surface area contributed by atoms with E-state index in [-0.39, 0.29) is 11.9 Å². The van der Waals surface area contributed by atoms with Crippen LogP contribution < -0.4 is 11.1 Å². The summed E-state index contributed by atoms with van der Waals surface area (Å²) in [5.74, 6) is -0.735. The van der Waals surface area contributed by atoms with Crippen LogP contribution in [-0.4, -0.2) is 12.5 Å². The van der Waals surface area contributed by atoms with E-state index in [2.05, 4.69) is 5.32 Å². The van der Waals surface area contributed by atoms with Gasteiger partial charge in [0.1, 0.15) is 5.82 Å². The van der Waals surface area contributed by atoms with E-state index in [4.69, 9.17) is 5.73 Å². The molecule has 2 rings (SSSR count). The van der Waals surface area contributed by atoms with Gasteiger partial charge in [0, 0.05) is 18.2 Å². The Hall–Kier alpha value is -2.20. The first-order valence-corrected chi connectivity index (χ1v) is 6.43. The van der Waals surface area contributed by atoms with Gasteiger partial charge in [0.15, 0.2) is 0 Å². The normalized spacial score (nSPS) is 11.9. The molecule has 0 bridgehead atoms. The van der Waals surface area contributed by atoms with Crippen molar-refractivity contribution >= 4 is 5.91 Å². The largest absolute Gasteiger partial charge is 0.350 e. The van der Waals surface area contributed by atoms with Crippen molar-refractivity contribution in [3.05, 3.63) is 71.0 Å². The maximum atomic E-state index is 13.2. The zero-order chi connectivity index (χ0) is 14.5. The van der Waals surface area contributed by atoms with Crippen LogP contribution in [0.4, 0.5) is 4.39 Å². The van der Waals surface area contributed by atoms with Gasteiger partial charge < -0.3 is 11.1 Å². The number of hydrogen-bond acceptors (Lipinski definition) is 2. The van der Waals surface area contributed by atoms with Gasteiger partial charge >= 0.3 is 0 Å². The summed E-state index contributed by atoms with van der Waals surface area (Å²) in [5, 5.41) is 2.73. The number of amides is 1. The fourth-order valence-corrected chi connectivity index (χ4v) is 1.95. The first kappa shape index (κ1) is 14.2. The summed E-state index contributed by atoms with van der Waals surface area (Å²) in [5.41, 5.74) is 8.02. The second kappa shape index (κ2) is 6.30. The lowest BCUT2D eigenvalue weighted by Crippen LogP contribution is -2.32. The lowest BCUT2D eigenvalue weighted by Gasteiger charge is -2.14. The highest BCUT2D eigenvalue weighted by Gasteiger charge is 2.12. The van der Waals surface area contributed by atoms with Gasteiger partial charge in [-0.3, -0.25) is 4.79 Å². The molecule has 3 nitrogen and oxygen atoms in total. The molecule has 0 radical (unpaired) electrons. The summed E-state index contributed by atoms with van der Waals surface area (Å²) in [6.45, 7) is 2.07. The Morgan fingerprint density at radius 1 is 1.25 bits per heavy atom.